The van der Waals surface area contributed by atoms with Crippen molar-refractivity contribution in [1.29, 1.82) is 0 Å². The van der Waals surface area contributed by atoms with Crippen LogP contribution in [0.4, 0.5) is 11.4 Å². The molecule has 2 aromatic rings. The van der Waals surface area contributed by atoms with E-state index in [-0.39, 0.29) is 29.9 Å². The fourth-order valence-electron chi connectivity index (χ4n) is 1.13. The quantitative estimate of drug-likeness (QED) is 0.827. The molecule has 0 unspecified atom stereocenters. The van der Waals surface area contributed by atoms with E-state index in [2.05, 4.69) is 5.32 Å². The minimum atomic E-state index is -0.403. The zero-order valence-electron chi connectivity index (χ0n) is 13.2. The molecule has 0 aromatic heterocycles. The Labute approximate surface area is 96.5 Å². The van der Waals surface area contributed by atoms with Crippen molar-refractivity contribution >= 4 is 11.4 Å². The second-order valence-electron chi connectivity index (χ2n) is 2.85. The van der Waals surface area contributed by atoms with Gasteiger partial charge in [-0.2, -0.15) is 0 Å². The van der Waals surface area contributed by atoms with Crippen LogP contribution in [0.15, 0.2) is 54.5 Å². The van der Waals surface area contributed by atoms with E-state index in [9.17, 15) is 0 Å². The second-order valence-corrected chi connectivity index (χ2v) is 2.85. The van der Waals surface area contributed by atoms with Crippen LogP contribution in [0.3, 0.4) is 0 Å². The van der Waals surface area contributed by atoms with Crippen molar-refractivity contribution in [3.05, 3.63) is 54.5 Å². The van der Waals surface area contributed by atoms with Gasteiger partial charge in [0.1, 0.15) is 5.75 Å². The van der Waals surface area contributed by atoms with E-state index in [0.717, 1.165) is 0 Å². The Kier molecular flexibility index (Phi) is 1.57. The molecule has 0 fully saturated rings. The Balaban J connectivity index is 2.42. The third-order valence-corrected chi connectivity index (χ3v) is 1.86. The van der Waals surface area contributed by atoms with Gasteiger partial charge in [-0.05, 0) is 36.4 Å². The number of anilines is 2. The molecule has 0 saturated heterocycles. The van der Waals surface area contributed by atoms with Crippen LogP contribution in [-0.4, -0.2) is 7.11 Å². The molecule has 0 saturated carbocycles. The Morgan fingerprint density at radius 2 is 1.67 bits per heavy atom. The minimum Gasteiger partial charge on any atom is -0.497 e. The Morgan fingerprint density at radius 3 is 2.27 bits per heavy atom. The van der Waals surface area contributed by atoms with Crippen molar-refractivity contribution < 1.29 is 11.6 Å². The average molecular weight is 204 g/mol. The zero-order chi connectivity index (χ0) is 14.9. The van der Waals surface area contributed by atoms with Gasteiger partial charge < -0.3 is 10.1 Å². The molecule has 2 aromatic carbocycles. The van der Waals surface area contributed by atoms with Crippen LogP contribution in [-0.2, 0) is 0 Å². The van der Waals surface area contributed by atoms with E-state index in [1.165, 1.54) is 0 Å². The third-order valence-electron chi connectivity index (χ3n) is 1.86. The first-order valence-electron chi connectivity index (χ1n) is 6.93. The second kappa shape index (κ2) is 4.51. The lowest BCUT2D eigenvalue weighted by Gasteiger charge is -2.06. The van der Waals surface area contributed by atoms with Gasteiger partial charge in [0.15, 0.2) is 0 Å². The SMILES string of the molecule is [2H]c1c([2H])c([2H])c(Nc2ccc(OC)cc2)c([2H])c1[2H]. The highest BCUT2D eigenvalue weighted by Crippen LogP contribution is 2.19. The number of methoxy groups -OCH3 is 1. The van der Waals surface area contributed by atoms with Gasteiger partial charge in [-0.25, -0.2) is 0 Å². The van der Waals surface area contributed by atoms with Crippen molar-refractivity contribution in [3.8, 4) is 5.75 Å². The first-order chi connectivity index (χ1) is 9.45. The van der Waals surface area contributed by atoms with Crippen LogP contribution in [0.25, 0.3) is 0 Å². The Bertz CT molecular complexity index is 613. The van der Waals surface area contributed by atoms with Gasteiger partial charge in [-0.1, -0.05) is 18.1 Å². The minimum absolute atomic E-state index is 0.0566. The lowest BCUT2D eigenvalue weighted by Crippen LogP contribution is -1.89. The summed E-state index contributed by atoms with van der Waals surface area (Å²) in [5, 5.41) is 2.85. The molecule has 0 aliphatic heterocycles. The highest BCUT2D eigenvalue weighted by molar-refractivity contribution is 5.59. The molecule has 15 heavy (non-hydrogen) atoms. The van der Waals surface area contributed by atoms with E-state index in [1.807, 2.05) is 0 Å². The molecule has 76 valence electrons. The van der Waals surface area contributed by atoms with Gasteiger partial charge in [-0.3, -0.25) is 0 Å². The summed E-state index contributed by atoms with van der Waals surface area (Å²) in [4.78, 5) is 0. The molecule has 0 bridgehead atoms. The first kappa shape index (κ1) is 5.21. The molecule has 0 spiro atoms. The van der Waals surface area contributed by atoms with E-state index in [1.54, 1.807) is 31.4 Å². The van der Waals surface area contributed by atoms with Gasteiger partial charge in [0.2, 0.25) is 0 Å². The van der Waals surface area contributed by atoms with Gasteiger partial charge in [0.25, 0.3) is 0 Å². The summed E-state index contributed by atoms with van der Waals surface area (Å²) in [5.74, 6) is 0.677. The molecule has 2 nitrogen and oxygen atoms in total. The van der Waals surface area contributed by atoms with E-state index in [4.69, 9.17) is 11.6 Å². The molecule has 0 amide bonds. The zero-order valence-corrected chi connectivity index (χ0v) is 8.22. The van der Waals surface area contributed by atoms with Crippen molar-refractivity contribution in [2.45, 2.75) is 0 Å². The number of para-hydroxylation sites is 1. The van der Waals surface area contributed by atoms with Gasteiger partial charge in [0, 0.05) is 11.4 Å². The predicted octanol–water partition coefficient (Wildman–Crippen LogP) is 3.44. The maximum absolute atomic E-state index is 7.80. The van der Waals surface area contributed by atoms with Crippen LogP contribution in [0.5, 0.6) is 5.75 Å². The van der Waals surface area contributed by atoms with Crippen LogP contribution in [0, 0.1) is 0 Å². The normalized spacial score (nSPS) is 14.3. The van der Waals surface area contributed by atoms with Gasteiger partial charge in [0.05, 0.1) is 14.0 Å². The lowest BCUT2D eigenvalue weighted by molar-refractivity contribution is 0.415. The molecular formula is C13H13NO. The maximum atomic E-state index is 7.80. The Hall–Kier alpha value is -1.96. The van der Waals surface area contributed by atoms with Crippen molar-refractivity contribution in [1.82, 2.24) is 0 Å². The molecule has 0 aliphatic carbocycles. The van der Waals surface area contributed by atoms with Gasteiger partial charge in [-0.15, -0.1) is 0 Å². The van der Waals surface area contributed by atoms with E-state index < -0.39 is 6.04 Å². The topological polar surface area (TPSA) is 21.3 Å². The van der Waals surface area contributed by atoms with Crippen molar-refractivity contribution in [2.24, 2.45) is 0 Å². The van der Waals surface area contributed by atoms with Crippen LogP contribution in [0.1, 0.15) is 6.85 Å². The fourth-order valence-corrected chi connectivity index (χ4v) is 1.13. The molecular weight excluding hydrogens is 186 g/mol. The molecule has 0 aliphatic rings. The molecule has 0 radical (unpaired) electrons. The van der Waals surface area contributed by atoms with Crippen molar-refractivity contribution in [3.63, 3.8) is 0 Å². The summed E-state index contributed by atoms with van der Waals surface area (Å²) >= 11 is 0. The molecule has 0 heterocycles. The molecule has 1 N–H and O–H groups in total. The van der Waals surface area contributed by atoms with E-state index in [0.29, 0.717) is 11.4 Å². The fraction of sp³-hybridized carbons (Fsp3) is 0.0769. The summed E-state index contributed by atoms with van der Waals surface area (Å²) in [6, 6.07) is 5.22. The number of rotatable bonds is 3. The average Bonchev–Trinajstić information content (AvgIpc) is 2.48. The maximum Gasteiger partial charge on any atom is 0.119 e. The van der Waals surface area contributed by atoms with Gasteiger partial charge >= 0.3 is 0 Å². The van der Waals surface area contributed by atoms with Crippen molar-refractivity contribution in [2.75, 3.05) is 12.4 Å². The molecule has 2 heteroatoms. The highest BCUT2D eigenvalue weighted by Gasteiger charge is 1.94. The smallest absolute Gasteiger partial charge is 0.119 e. The number of hydrogen-bond donors (Lipinski definition) is 1. The number of nitrogens with one attached hydrogen (secondary N) is 1. The number of hydrogen-bond acceptors (Lipinski definition) is 2. The first-order valence-corrected chi connectivity index (χ1v) is 4.43. The molecule has 0 atom stereocenters. The van der Waals surface area contributed by atoms with Crippen LogP contribution < -0.4 is 10.1 Å². The highest BCUT2D eigenvalue weighted by atomic mass is 16.5. The summed E-state index contributed by atoms with van der Waals surface area (Å²) in [6.07, 6.45) is 0. The largest absolute Gasteiger partial charge is 0.497 e. The summed E-state index contributed by atoms with van der Waals surface area (Å²) < 4.78 is 43.4. The number of ether oxygens (including phenoxy) is 1. The van der Waals surface area contributed by atoms with Crippen LogP contribution >= 0.6 is 0 Å². The monoisotopic (exact) mass is 204 g/mol. The Morgan fingerprint density at radius 1 is 1.00 bits per heavy atom. The summed E-state index contributed by atoms with van der Waals surface area (Å²) in [5.41, 5.74) is 0.672. The summed E-state index contributed by atoms with van der Waals surface area (Å²) in [7, 11) is 1.55. The van der Waals surface area contributed by atoms with E-state index >= 15 is 0 Å². The number of benzene rings is 2. The summed E-state index contributed by atoms with van der Waals surface area (Å²) in [6.45, 7) is 0. The third kappa shape index (κ3) is 2.50. The predicted molar refractivity (Wildman–Crippen MR) is 62.7 cm³/mol. The standard InChI is InChI=1S/C13H13NO/c1-15-13-9-7-12(8-10-13)14-11-5-3-2-4-6-11/h2-10,14H,1H3/i2D,3D,4D,5D,6D. The lowest BCUT2D eigenvalue weighted by atomic mass is 10.2. The van der Waals surface area contributed by atoms with Crippen LogP contribution in [0.2, 0.25) is 0 Å². The molecule has 2 rings (SSSR count).